The highest BCUT2D eigenvalue weighted by molar-refractivity contribution is 7.92. The van der Waals surface area contributed by atoms with Gasteiger partial charge in [-0.15, -0.1) is 0 Å². The highest BCUT2D eigenvalue weighted by atomic mass is 32.2. The Kier molecular flexibility index (Phi) is 6.33. The molecule has 0 spiro atoms. The third-order valence-corrected chi connectivity index (χ3v) is 7.22. The summed E-state index contributed by atoms with van der Waals surface area (Å²) in [6.45, 7) is 1.85. The van der Waals surface area contributed by atoms with E-state index < -0.39 is 39.7 Å². The maximum atomic E-state index is 13.2. The summed E-state index contributed by atoms with van der Waals surface area (Å²) >= 11 is 0. The Labute approximate surface area is 195 Å². The first-order valence-electron chi connectivity index (χ1n) is 10.5. The number of likely N-dealkylation sites (N-methyl/N-ethyl adjacent to an activating group) is 1. The fourth-order valence-electron chi connectivity index (χ4n) is 3.65. The number of pyridine rings is 2. The number of benzene rings is 1. The molecule has 3 N–H and O–H groups in total. The van der Waals surface area contributed by atoms with E-state index in [1.54, 1.807) is 13.0 Å². The summed E-state index contributed by atoms with van der Waals surface area (Å²) in [6.07, 6.45) is 1.40. The van der Waals surface area contributed by atoms with Gasteiger partial charge in [-0.2, -0.15) is 4.21 Å². The average Bonchev–Trinajstić information content (AvgIpc) is 2.94. The number of aromatic nitrogens is 2. The zero-order valence-electron chi connectivity index (χ0n) is 18.3. The Morgan fingerprint density at radius 3 is 2.74 bits per heavy atom. The van der Waals surface area contributed by atoms with Gasteiger partial charge in [-0.3, -0.25) is 14.6 Å². The van der Waals surface area contributed by atoms with Crippen LogP contribution in [-0.4, -0.2) is 65.6 Å². The Morgan fingerprint density at radius 2 is 2.03 bits per heavy atom. The fourth-order valence-corrected chi connectivity index (χ4v) is 5.05. The molecule has 12 heteroatoms. The van der Waals surface area contributed by atoms with Gasteiger partial charge in [0.05, 0.1) is 0 Å². The van der Waals surface area contributed by atoms with Crippen molar-refractivity contribution < 1.29 is 27.5 Å². The van der Waals surface area contributed by atoms with Crippen LogP contribution in [0.15, 0.2) is 42.6 Å². The average molecular weight is 489 g/mol. The zero-order valence-corrected chi connectivity index (χ0v) is 19.1. The number of halogens is 1. The lowest BCUT2D eigenvalue weighted by atomic mass is 10.1. The summed E-state index contributed by atoms with van der Waals surface area (Å²) < 4.78 is 38.0. The number of carbonyl (C=O) groups excluding carboxylic acids is 2. The minimum atomic E-state index is -3.71. The minimum Gasteiger partial charge on any atom is -0.504 e. The topological polar surface area (TPSA) is 137 Å². The van der Waals surface area contributed by atoms with Gasteiger partial charge in [0.25, 0.3) is 5.91 Å². The van der Waals surface area contributed by atoms with Crippen molar-refractivity contribution in [3.63, 3.8) is 0 Å². The molecule has 10 nitrogen and oxygen atoms in total. The van der Waals surface area contributed by atoms with E-state index in [2.05, 4.69) is 15.3 Å². The van der Waals surface area contributed by atoms with Crippen molar-refractivity contribution in [2.75, 3.05) is 29.7 Å². The van der Waals surface area contributed by atoms with Crippen molar-refractivity contribution in [3.05, 3.63) is 59.7 Å². The number of amides is 2. The zero-order chi connectivity index (χ0) is 24.5. The Hall–Kier alpha value is -3.80. The molecule has 0 saturated carbocycles. The van der Waals surface area contributed by atoms with Crippen LogP contribution in [0, 0.1) is 5.82 Å². The van der Waals surface area contributed by atoms with Crippen molar-refractivity contribution in [1.29, 1.82) is 0 Å². The molecule has 1 aliphatic heterocycles. The molecule has 0 bridgehead atoms. The normalized spacial score (nSPS) is 18.7. The number of rotatable bonds is 5. The number of nitrogens with one attached hydrogen (secondary N) is 1. The summed E-state index contributed by atoms with van der Waals surface area (Å²) in [4.78, 5) is 35.4. The molecule has 1 atom stereocenters. The standard InChI is InChI=1S/C22H22FN5O5S/c1-2-27-10-11-34(32,33)28(13-17(27)29)21-16-4-3-9-24-18(16)20(30)19(26-21)22(31)25-12-14-5-7-15(23)8-6-14/h3-9,30H,2,10-13H2,1H3,(H,25,31)/p+1. The van der Waals surface area contributed by atoms with E-state index in [-0.39, 0.29) is 41.5 Å². The van der Waals surface area contributed by atoms with E-state index in [9.17, 15) is 27.5 Å². The van der Waals surface area contributed by atoms with Crippen LogP contribution >= 0.6 is 0 Å². The number of anilines is 1. The highest BCUT2D eigenvalue weighted by Crippen LogP contribution is 2.34. The molecular formula is C22H23FN5O5S+. The molecule has 2 aromatic heterocycles. The number of carbonyl (C=O) groups is 2. The molecule has 3 heterocycles. The molecule has 1 fully saturated rings. The second-order valence-corrected chi connectivity index (χ2v) is 9.72. The lowest BCUT2D eigenvalue weighted by molar-refractivity contribution is -0.128. The van der Waals surface area contributed by atoms with E-state index in [1.807, 2.05) is 0 Å². The highest BCUT2D eigenvalue weighted by Gasteiger charge is 2.38. The van der Waals surface area contributed by atoms with Gasteiger partial charge in [-0.05, 0) is 36.8 Å². The number of hydrogen-bond acceptors (Lipinski definition) is 6. The van der Waals surface area contributed by atoms with Gasteiger partial charge < -0.3 is 15.3 Å². The number of nitrogens with zero attached hydrogens (tertiary/aromatic N) is 4. The lowest BCUT2D eigenvalue weighted by Gasteiger charge is -2.20. The van der Waals surface area contributed by atoms with Crippen LogP contribution in [0.4, 0.5) is 10.2 Å². The largest absolute Gasteiger partial charge is 0.504 e. The van der Waals surface area contributed by atoms with Gasteiger partial charge >= 0.3 is 10.0 Å². The minimum absolute atomic E-state index is 0.00123. The SMILES string of the molecule is CCN1CCS(=O)(=[OH+])N(c2nc(C(=O)NCc3ccc(F)cc3)c(O)c3ncccc23)CC1=O. The van der Waals surface area contributed by atoms with Gasteiger partial charge in [0.2, 0.25) is 5.91 Å². The second-order valence-electron chi connectivity index (χ2n) is 7.66. The lowest BCUT2D eigenvalue weighted by Crippen LogP contribution is -2.38. The first kappa shape index (κ1) is 23.4. The first-order chi connectivity index (χ1) is 16.2. The van der Waals surface area contributed by atoms with E-state index in [4.69, 9.17) is 0 Å². The summed E-state index contributed by atoms with van der Waals surface area (Å²) in [5, 5.41) is 13.5. The molecule has 0 radical (unpaired) electrons. The third kappa shape index (κ3) is 4.49. The van der Waals surface area contributed by atoms with Crippen LogP contribution < -0.4 is 9.62 Å². The quantitative estimate of drug-likeness (QED) is 0.523. The van der Waals surface area contributed by atoms with Gasteiger partial charge in [0.15, 0.2) is 17.3 Å². The van der Waals surface area contributed by atoms with Crippen molar-refractivity contribution in [2.24, 2.45) is 0 Å². The van der Waals surface area contributed by atoms with E-state index in [0.717, 1.165) is 4.31 Å². The Balaban J connectivity index is 1.76. The maximum Gasteiger partial charge on any atom is 0.371 e. The van der Waals surface area contributed by atoms with Gasteiger partial charge in [0.1, 0.15) is 23.6 Å². The van der Waals surface area contributed by atoms with Crippen LogP contribution in [-0.2, 0) is 21.4 Å². The molecule has 3 aromatic rings. The van der Waals surface area contributed by atoms with Crippen LogP contribution in [0.3, 0.4) is 0 Å². The van der Waals surface area contributed by atoms with Crippen molar-refractivity contribution in [1.82, 2.24) is 20.2 Å². The number of hydrogen-bond donors (Lipinski definition) is 2. The van der Waals surface area contributed by atoms with E-state index >= 15 is 0 Å². The summed E-state index contributed by atoms with van der Waals surface area (Å²) in [7, 11) is -3.71. The molecular weight excluding hydrogens is 465 g/mol. The molecule has 4 rings (SSSR count). The van der Waals surface area contributed by atoms with E-state index in [0.29, 0.717) is 12.1 Å². The fraction of sp³-hybridized carbons (Fsp3) is 0.273. The molecule has 1 aromatic carbocycles. The van der Waals surface area contributed by atoms with Crippen molar-refractivity contribution >= 4 is 38.6 Å². The van der Waals surface area contributed by atoms with Gasteiger partial charge in [-0.25, -0.2) is 17.9 Å². The predicted octanol–water partition coefficient (Wildman–Crippen LogP) is 1.56. The van der Waals surface area contributed by atoms with E-state index in [1.165, 1.54) is 41.4 Å². The smallest absolute Gasteiger partial charge is 0.371 e. The molecule has 1 saturated heterocycles. The summed E-state index contributed by atoms with van der Waals surface area (Å²) in [5.41, 5.74) is 0.200. The molecule has 1 aliphatic rings. The monoisotopic (exact) mass is 488 g/mol. The van der Waals surface area contributed by atoms with Crippen molar-refractivity contribution in [3.8, 4) is 5.75 Å². The molecule has 178 valence electrons. The van der Waals surface area contributed by atoms with Gasteiger partial charge in [-0.1, -0.05) is 12.1 Å². The summed E-state index contributed by atoms with van der Waals surface area (Å²) in [6, 6.07) is 8.59. The van der Waals surface area contributed by atoms with Crippen LogP contribution in [0.25, 0.3) is 10.9 Å². The third-order valence-electron chi connectivity index (χ3n) is 5.52. The molecule has 0 aliphatic carbocycles. The predicted molar refractivity (Wildman–Crippen MR) is 123 cm³/mol. The maximum absolute atomic E-state index is 13.2. The van der Waals surface area contributed by atoms with Crippen LogP contribution in [0.1, 0.15) is 23.0 Å². The molecule has 1 unspecified atom stereocenters. The Bertz CT molecular complexity index is 1360. The van der Waals surface area contributed by atoms with Crippen molar-refractivity contribution in [2.45, 2.75) is 13.5 Å². The van der Waals surface area contributed by atoms with Crippen LogP contribution in [0.5, 0.6) is 5.75 Å². The number of fused-ring (bicyclic) bond motifs is 1. The Morgan fingerprint density at radius 1 is 1.29 bits per heavy atom. The summed E-state index contributed by atoms with van der Waals surface area (Å²) in [5.74, 6) is -2.36. The first-order valence-corrected chi connectivity index (χ1v) is 12.2. The van der Waals surface area contributed by atoms with Crippen LogP contribution in [0.2, 0.25) is 0 Å². The molecule has 2 amide bonds. The second kappa shape index (κ2) is 9.21. The molecule has 34 heavy (non-hydrogen) atoms. The number of aromatic hydroxyl groups is 1. The van der Waals surface area contributed by atoms with Gasteiger partial charge in [0, 0.05) is 31.2 Å².